The minimum Gasteiger partial charge on any atom is -0.458 e. The molecule has 144 valence electrons. The van der Waals surface area contributed by atoms with Gasteiger partial charge in [-0.15, -0.1) is 0 Å². The predicted molar refractivity (Wildman–Crippen MR) is 119 cm³/mol. The van der Waals surface area contributed by atoms with Gasteiger partial charge in [-0.2, -0.15) is 0 Å². The van der Waals surface area contributed by atoms with Crippen LogP contribution in [-0.2, 0) is 5.54 Å². The molecule has 6 heteroatoms. The molecule has 2 aromatic carbocycles. The summed E-state index contributed by atoms with van der Waals surface area (Å²) in [6.07, 6.45) is 0. The smallest absolute Gasteiger partial charge is 0.136 e. The van der Waals surface area contributed by atoms with Crippen molar-refractivity contribution in [2.45, 2.75) is 12.5 Å². The highest BCUT2D eigenvalue weighted by Gasteiger charge is 2.44. The van der Waals surface area contributed by atoms with E-state index >= 15 is 0 Å². The predicted octanol–water partition coefficient (Wildman–Crippen LogP) is 5.67. The Balaban J connectivity index is 1.86. The molecule has 0 spiro atoms. The van der Waals surface area contributed by atoms with Crippen LogP contribution in [0.5, 0.6) is 0 Å². The van der Waals surface area contributed by atoms with Crippen LogP contribution in [0.25, 0.3) is 11.3 Å². The summed E-state index contributed by atoms with van der Waals surface area (Å²) >= 11 is 17.9. The maximum Gasteiger partial charge on any atom is 0.136 e. The second kappa shape index (κ2) is 7.88. The molecule has 0 radical (unpaired) electrons. The minimum absolute atomic E-state index is 0.517. The second-order valence-electron chi connectivity index (χ2n) is 6.99. The topological polar surface area (TPSA) is 28.4 Å². The number of furan rings is 1. The highest BCUT2D eigenvalue weighted by Crippen LogP contribution is 2.40. The van der Waals surface area contributed by atoms with Crippen LogP contribution in [0, 0.1) is 6.92 Å². The Labute approximate surface area is 180 Å². The Bertz CT molecular complexity index is 1000. The lowest BCUT2D eigenvalue weighted by atomic mass is 9.84. The zero-order valence-corrected chi connectivity index (χ0v) is 17.7. The van der Waals surface area contributed by atoms with Gasteiger partial charge in [0.1, 0.15) is 17.1 Å². The molecular formula is C22H20Cl2N2OS. The number of hydrogen-bond donors (Lipinski definition) is 1. The van der Waals surface area contributed by atoms with Crippen LogP contribution in [0.2, 0.25) is 10.0 Å². The molecule has 28 heavy (non-hydrogen) atoms. The Kier molecular flexibility index (Phi) is 5.48. The zero-order chi connectivity index (χ0) is 19.7. The molecule has 1 atom stereocenters. The van der Waals surface area contributed by atoms with Crippen LogP contribution >= 0.6 is 35.4 Å². The third-order valence-electron chi connectivity index (χ3n) is 5.26. The summed E-state index contributed by atoms with van der Waals surface area (Å²) in [4.78, 5) is 2.17. The van der Waals surface area contributed by atoms with Crippen molar-refractivity contribution in [1.29, 1.82) is 0 Å². The molecule has 0 saturated carbocycles. The van der Waals surface area contributed by atoms with E-state index in [2.05, 4.69) is 41.4 Å². The maximum absolute atomic E-state index is 6.39. The first-order chi connectivity index (χ1) is 13.5. The summed E-state index contributed by atoms with van der Waals surface area (Å²) in [5.41, 5.74) is 4.33. The fourth-order valence-electron chi connectivity index (χ4n) is 3.76. The number of halogens is 2. The van der Waals surface area contributed by atoms with E-state index in [1.807, 2.05) is 18.2 Å². The first kappa shape index (κ1) is 19.5. The molecule has 1 unspecified atom stereocenters. The van der Waals surface area contributed by atoms with Crippen molar-refractivity contribution < 1.29 is 4.42 Å². The van der Waals surface area contributed by atoms with Crippen LogP contribution < -0.4 is 5.32 Å². The highest BCUT2D eigenvalue weighted by atomic mass is 35.5. The van der Waals surface area contributed by atoms with Crippen molar-refractivity contribution in [3.05, 3.63) is 81.5 Å². The number of piperazine rings is 1. The van der Waals surface area contributed by atoms with Crippen molar-refractivity contribution in [1.82, 2.24) is 10.2 Å². The summed E-state index contributed by atoms with van der Waals surface area (Å²) in [5.74, 6) is 1.50. The average Bonchev–Trinajstić information content (AvgIpc) is 3.20. The number of nitrogens with one attached hydrogen (secondary N) is 1. The van der Waals surface area contributed by atoms with Crippen LogP contribution in [0.4, 0.5) is 0 Å². The van der Waals surface area contributed by atoms with E-state index in [1.54, 1.807) is 17.6 Å². The molecule has 0 aliphatic carbocycles. The van der Waals surface area contributed by atoms with Crippen molar-refractivity contribution in [3.8, 4) is 11.3 Å². The SMILES string of the molecule is Cc1ccc(C2(c3ccc(-c4cc(Cl)ccc4Cl)o3)CNCCN2C=S)cc1. The maximum atomic E-state index is 6.39. The van der Waals surface area contributed by atoms with E-state index in [1.165, 1.54) is 5.56 Å². The van der Waals surface area contributed by atoms with Gasteiger partial charge in [0.2, 0.25) is 0 Å². The lowest BCUT2D eigenvalue weighted by Crippen LogP contribution is -2.58. The van der Waals surface area contributed by atoms with E-state index < -0.39 is 5.54 Å². The molecule has 1 aromatic heterocycles. The van der Waals surface area contributed by atoms with Gasteiger partial charge in [0.05, 0.1) is 10.5 Å². The number of hydrogen-bond acceptors (Lipinski definition) is 3. The molecule has 3 aromatic rings. The van der Waals surface area contributed by atoms with Gasteiger partial charge in [-0.3, -0.25) is 0 Å². The van der Waals surface area contributed by atoms with Gasteiger partial charge in [0.15, 0.2) is 0 Å². The van der Waals surface area contributed by atoms with Gasteiger partial charge in [0.25, 0.3) is 0 Å². The molecule has 2 heterocycles. The first-order valence-corrected chi connectivity index (χ1v) is 10.3. The monoisotopic (exact) mass is 430 g/mol. The minimum atomic E-state index is -0.517. The molecule has 4 rings (SSSR count). The number of benzene rings is 2. The molecule has 3 nitrogen and oxygen atoms in total. The molecule has 1 aliphatic rings. The van der Waals surface area contributed by atoms with Crippen molar-refractivity contribution in [2.75, 3.05) is 19.6 Å². The lowest BCUT2D eigenvalue weighted by Gasteiger charge is -2.45. The van der Waals surface area contributed by atoms with E-state index in [-0.39, 0.29) is 0 Å². The Morgan fingerprint density at radius 1 is 1.11 bits per heavy atom. The third-order valence-corrected chi connectivity index (χ3v) is 6.08. The van der Waals surface area contributed by atoms with E-state index in [0.29, 0.717) is 22.4 Å². The van der Waals surface area contributed by atoms with Crippen LogP contribution in [-0.4, -0.2) is 30.0 Å². The Hall–Kier alpha value is -1.85. The Morgan fingerprint density at radius 2 is 1.89 bits per heavy atom. The third kappa shape index (κ3) is 3.35. The lowest BCUT2D eigenvalue weighted by molar-refractivity contribution is 0.156. The average molecular weight is 431 g/mol. The van der Waals surface area contributed by atoms with Crippen LogP contribution in [0.3, 0.4) is 0 Å². The number of aryl methyl sites for hydroxylation is 1. The number of thiocarbonyl (C=S) groups is 1. The summed E-state index contributed by atoms with van der Waals surface area (Å²) in [5, 5.41) is 4.72. The normalized spacial score (nSPS) is 19.6. The van der Waals surface area contributed by atoms with Crippen molar-refractivity contribution >= 4 is 40.9 Å². The van der Waals surface area contributed by atoms with Gasteiger partial charge in [-0.25, -0.2) is 0 Å². The first-order valence-electron chi connectivity index (χ1n) is 9.10. The van der Waals surface area contributed by atoms with E-state index in [0.717, 1.165) is 30.0 Å². The molecular weight excluding hydrogens is 411 g/mol. The second-order valence-corrected chi connectivity index (χ2v) is 8.04. The van der Waals surface area contributed by atoms with Gasteiger partial charge >= 0.3 is 0 Å². The van der Waals surface area contributed by atoms with Gasteiger partial charge in [0, 0.05) is 30.2 Å². The van der Waals surface area contributed by atoms with Gasteiger partial charge in [-0.05, 0) is 42.8 Å². The molecule has 0 bridgehead atoms. The molecule has 1 N–H and O–H groups in total. The fourth-order valence-corrected chi connectivity index (χ4v) is 4.43. The standard InChI is InChI=1S/C22H20Cl2N2OS/c1-15-2-4-16(5-3-15)22(13-25-10-11-26(22)14-28)21-9-8-20(27-21)18-12-17(23)6-7-19(18)24/h2-9,12,14,25H,10-11,13H2,1H3. The van der Waals surface area contributed by atoms with Crippen molar-refractivity contribution in [3.63, 3.8) is 0 Å². The summed E-state index contributed by atoms with van der Waals surface area (Å²) in [6.45, 7) is 4.44. The summed E-state index contributed by atoms with van der Waals surface area (Å²) in [6, 6.07) is 17.8. The quantitative estimate of drug-likeness (QED) is 0.539. The van der Waals surface area contributed by atoms with E-state index in [9.17, 15) is 0 Å². The molecule has 1 saturated heterocycles. The molecule has 1 fully saturated rings. The molecule has 1 aliphatic heterocycles. The van der Waals surface area contributed by atoms with E-state index in [4.69, 9.17) is 39.8 Å². The largest absolute Gasteiger partial charge is 0.458 e. The molecule has 0 amide bonds. The van der Waals surface area contributed by atoms with Crippen molar-refractivity contribution in [2.24, 2.45) is 0 Å². The fraction of sp³-hybridized carbons (Fsp3) is 0.227. The Morgan fingerprint density at radius 3 is 2.64 bits per heavy atom. The van der Waals surface area contributed by atoms with Gasteiger partial charge < -0.3 is 14.6 Å². The number of nitrogens with zero attached hydrogens (tertiary/aromatic N) is 1. The number of rotatable bonds is 4. The van der Waals surface area contributed by atoms with Gasteiger partial charge in [-0.1, -0.05) is 65.2 Å². The van der Waals surface area contributed by atoms with Crippen LogP contribution in [0.15, 0.2) is 59.0 Å². The van der Waals surface area contributed by atoms with Crippen LogP contribution in [0.1, 0.15) is 16.9 Å². The summed E-state index contributed by atoms with van der Waals surface area (Å²) < 4.78 is 6.37. The summed E-state index contributed by atoms with van der Waals surface area (Å²) in [7, 11) is 0. The highest BCUT2D eigenvalue weighted by molar-refractivity contribution is 7.78. The zero-order valence-electron chi connectivity index (χ0n) is 15.4.